The highest BCUT2D eigenvalue weighted by atomic mass is 32.2. The summed E-state index contributed by atoms with van der Waals surface area (Å²) in [5.41, 5.74) is 2.60. The minimum absolute atomic E-state index is 0.0644. The van der Waals surface area contributed by atoms with E-state index in [2.05, 4.69) is 9.88 Å². The van der Waals surface area contributed by atoms with Gasteiger partial charge in [0, 0.05) is 6.04 Å². The van der Waals surface area contributed by atoms with Crippen molar-refractivity contribution >= 4 is 21.1 Å². The number of aromatic nitrogens is 1. The topological polar surface area (TPSA) is 89.4 Å². The van der Waals surface area contributed by atoms with Gasteiger partial charge in [-0.1, -0.05) is 24.3 Å². The minimum atomic E-state index is -3.67. The van der Waals surface area contributed by atoms with Crippen LogP contribution in [0.3, 0.4) is 0 Å². The Morgan fingerprint density at radius 1 is 1.17 bits per heavy atom. The maximum absolute atomic E-state index is 11.3. The van der Waals surface area contributed by atoms with E-state index in [-0.39, 0.29) is 10.9 Å². The molecule has 0 bridgehead atoms. The lowest BCUT2D eigenvalue weighted by Crippen LogP contribution is -2.22. The van der Waals surface area contributed by atoms with Gasteiger partial charge in [-0.05, 0) is 43.8 Å². The number of primary sulfonamides is 1. The molecule has 0 radical (unpaired) electrons. The summed E-state index contributed by atoms with van der Waals surface area (Å²) in [6.07, 6.45) is 0. The second kappa shape index (κ2) is 6.35. The van der Waals surface area contributed by atoms with Gasteiger partial charge in [0.1, 0.15) is 5.52 Å². The van der Waals surface area contributed by atoms with E-state index in [1.807, 2.05) is 38.2 Å². The van der Waals surface area contributed by atoms with Crippen LogP contribution < -0.4 is 5.14 Å². The maximum Gasteiger partial charge on any atom is 0.238 e. The molecular weight excluding hydrogens is 326 g/mol. The number of para-hydroxylation sites is 2. The highest BCUT2D eigenvalue weighted by Crippen LogP contribution is 2.23. The van der Waals surface area contributed by atoms with Crippen molar-refractivity contribution in [3.05, 3.63) is 60.0 Å². The number of nitrogens with zero attached hydrogens (tertiary/aromatic N) is 2. The zero-order valence-electron chi connectivity index (χ0n) is 13.5. The summed E-state index contributed by atoms with van der Waals surface area (Å²) in [5, 5.41) is 5.12. The number of hydrogen-bond acceptors (Lipinski definition) is 5. The molecule has 3 rings (SSSR count). The first-order valence-electron chi connectivity index (χ1n) is 7.52. The predicted molar refractivity (Wildman–Crippen MR) is 91.7 cm³/mol. The van der Waals surface area contributed by atoms with Crippen molar-refractivity contribution in [2.24, 2.45) is 5.14 Å². The first kappa shape index (κ1) is 16.6. The van der Waals surface area contributed by atoms with Crippen molar-refractivity contribution in [2.75, 3.05) is 7.05 Å². The van der Waals surface area contributed by atoms with E-state index in [9.17, 15) is 8.42 Å². The largest absolute Gasteiger partial charge is 0.439 e. The molecule has 24 heavy (non-hydrogen) atoms. The van der Waals surface area contributed by atoms with E-state index in [1.165, 1.54) is 12.1 Å². The highest BCUT2D eigenvalue weighted by molar-refractivity contribution is 7.89. The molecule has 6 nitrogen and oxygen atoms in total. The third kappa shape index (κ3) is 3.48. The van der Waals surface area contributed by atoms with Gasteiger partial charge in [0.25, 0.3) is 0 Å². The zero-order chi connectivity index (χ0) is 17.3. The van der Waals surface area contributed by atoms with Crippen molar-refractivity contribution in [1.29, 1.82) is 0 Å². The monoisotopic (exact) mass is 345 g/mol. The fourth-order valence-corrected chi connectivity index (χ4v) is 3.04. The second-order valence-electron chi connectivity index (χ2n) is 5.78. The smallest absolute Gasteiger partial charge is 0.238 e. The number of sulfonamides is 1. The van der Waals surface area contributed by atoms with Crippen molar-refractivity contribution in [3.63, 3.8) is 0 Å². The van der Waals surface area contributed by atoms with Gasteiger partial charge in [0.2, 0.25) is 15.9 Å². The molecule has 0 saturated carbocycles. The van der Waals surface area contributed by atoms with E-state index in [0.29, 0.717) is 12.4 Å². The fraction of sp³-hybridized carbons (Fsp3) is 0.235. The molecular formula is C17H19N3O3S. The molecule has 0 aliphatic rings. The molecule has 2 aromatic carbocycles. The van der Waals surface area contributed by atoms with Crippen molar-refractivity contribution in [1.82, 2.24) is 9.88 Å². The summed E-state index contributed by atoms with van der Waals surface area (Å²) in [5.74, 6) is 0.645. The van der Waals surface area contributed by atoms with Gasteiger partial charge in [0.15, 0.2) is 5.58 Å². The van der Waals surface area contributed by atoms with Crippen LogP contribution in [-0.4, -0.2) is 25.3 Å². The minimum Gasteiger partial charge on any atom is -0.439 e. The zero-order valence-corrected chi connectivity index (χ0v) is 14.3. The van der Waals surface area contributed by atoms with E-state index in [4.69, 9.17) is 9.56 Å². The van der Waals surface area contributed by atoms with Crippen LogP contribution in [0.4, 0.5) is 0 Å². The van der Waals surface area contributed by atoms with E-state index in [1.54, 1.807) is 12.1 Å². The first-order valence-corrected chi connectivity index (χ1v) is 9.06. The number of hydrogen-bond donors (Lipinski definition) is 1. The molecule has 0 fully saturated rings. The summed E-state index contributed by atoms with van der Waals surface area (Å²) >= 11 is 0. The van der Waals surface area contributed by atoms with Crippen LogP contribution in [0.2, 0.25) is 0 Å². The average Bonchev–Trinajstić information content (AvgIpc) is 2.95. The lowest BCUT2D eigenvalue weighted by molar-refractivity contribution is 0.230. The second-order valence-corrected chi connectivity index (χ2v) is 7.34. The van der Waals surface area contributed by atoms with Crippen LogP contribution in [0.15, 0.2) is 57.8 Å². The van der Waals surface area contributed by atoms with E-state index >= 15 is 0 Å². The Balaban J connectivity index is 1.75. The van der Waals surface area contributed by atoms with Crippen LogP contribution in [0.25, 0.3) is 11.1 Å². The number of rotatable bonds is 5. The Morgan fingerprint density at radius 2 is 1.83 bits per heavy atom. The molecule has 0 spiro atoms. The molecule has 1 atom stereocenters. The van der Waals surface area contributed by atoms with Gasteiger partial charge in [0.05, 0.1) is 11.4 Å². The number of fused-ring (bicyclic) bond motifs is 1. The quantitative estimate of drug-likeness (QED) is 0.768. The molecule has 0 aliphatic heterocycles. The molecule has 3 aromatic rings. The summed E-state index contributed by atoms with van der Waals surface area (Å²) in [6, 6.07) is 14.3. The Labute approximate surface area is 141 Å². The van der Waals surface area contributed by atoms with Gasteiger partial charge < -0.3 is 4.42 Å². The number of nitrogens with two attached hydrogens (primary N) is 1. The molecule has 0 unspecified atom stereocenters. The first-order chi connectivity index (χ1) is 11.3. The molecule has 1 heterocycles. The lowest BCUT2D eigenvalue weighted by Gasteiger charge is -2.23. The van der Waals surface area contributed by atoms with E-state index in [0.717, 1.165) is 16.7 Å². The molecule has 2 N–H and O–H groups in total. The van der Waals surface area contributed by atoms with Crippen LogP contribution >= 0.6 is 0 Å². The maximum atomic E-state index is 11.3. The standard InChI is InChI=1S/C17H19N3O3S/c1-12(13-7-9-14(10-8-13)24(18,21)22)20(2)11-17-19-15-5-3-4-6-16(15)23-17/h3-10,12H,11H2,1-2H3,(H2,18,21,22)/t12-/m0/s1. The highest BCUT2D eigenvalue weighted by Gasteiger charge is 2.16. The lowest BCUT2D eigenvalue weighted by atomic mass is 10.1. The van der Waals surface area contributed by atoms with Gasteiger partial charge in [-0.25, -0.2) is 18.5 Å². The third-order valence-electron chi connectivity index (χ3n) is 4.08. The molecule has 0 amide bonds. The summed E-state index contributed by atoms with van der Waals surface area (Å²) in [6.45, 7) is 2.58. The summed E-state index contributed by atoms with van der Waals surface area (Å²) in [4.78, 5) is 6.66. The van der Waals surface area contributed by atoms with Gasteiger partial charge in [-0.3, -0.25) is 4.90 Å². The fourth-order valence-electron chi connectivity index (χ4n) is 2.53. The van der Waals surface area contributed by atoms with Crippen molar-refractivity contribution < 1.29 is 12.8 Å². The average molecular weight is 345 g/mol. The number of benzene rings is 2. The molecule has 1 aromatic heterocycles. The van der Waals surface area contributed by atoms with Crippen LogP contribution in [-0.2, 0) is 16.6 Å². The third-order valence-corrected chi connectivity index (χ3v) is 5.00. The molecule has 0 aliphatic carbocycles. The predicted octanol–water partition coefficient (Wildman–Crippen LogP) is 2.67. The van der Waals surface area contributed by atoms with Gasteiger partial charge in [-0.2, -0.15) is 0 Å². The Hall–Kier alpha value is -2.22. The van der Waals surface area contributed by atoms with Crippen molar-refractivity contribution in [3.8, 4) is 0 Å². The molecule has 0 saturated heterocycles. The summed E-state index contributed by atoms with van der Waals surface area (Å²) in [7, 11) is -1.70. The van der Waals surface area contributed by atoms with Gasteiger partial charge in [-0.15, -0.1) is 0 Å². The Bertz CT molecular complexity index is 916. The van der Waals surface area contributed by atoms with Gasteiger partial charge >= 0.3 is 0 Å². The normalized spacial score (nSPS) is 13.5. The number of oxazole rings is 1. The molecule has 7 heteroatoms. The summed E-state index contributed by atoms with van der Waals surface area (Å²) < 4.78 is 28.4. The van der Waals surface area contributed by atoms with Crippen LogP contribution in [0.1, 0.15) is 24.4 Å². The van der Waals surface area contributed by atoms with Crippen molar-refractivity contribution in [2.45, 2.75) is 24.4 Å². The van der Waals surface area contributed by atoms with Crippen LogP contribution in [0.5, 0.6) is 0 Å². The Kier molecular flexibility index (Phi) is 4.40. The van der Waals surface area contributed by atoms with E-state index < -0.39 is 10.0 Å². The van der Waals surface area contributed by atoms with Crippen LogP contribution in [0, 0.1) is 0 Å². The SMILES string of the molecule is C[C@@H](c1ccc(S(N)(=O)=O)cc1)N(C)Cc1nc2ccccc2o1. The Morgan fingerprint density at radius 3 is 2.46 bits per heavy atom. The molecule has 126 valence electrons.